The number of carbonyl (C=O) groups is 4. The Balaban J connectivity index is 5.19. The van der Waals surface area contributed by atoms with Crippen molar-refractivity contribution in [2.45, 2.75) is 464 Å². The summed E-state index contributed by atoms with van der Waals surface area (Å²) in [5.74, 6) is -0.480. The Kier molecular flexibility index (Phi) is 74.1. The third-order valence-corrected chi connectivity index (χ3v) is 21.6. The molecule has 0 aliphatic heterocycles. The van der Waals surface area contributed by atoms with E-state index in [2.05, 4.69) is 41.5 Å². The molecule has 0 aliphatic rings. The Morgan fingerprint density at radius 1 is 0.262 bits per heavy atom. The first kappa shape index (κ1) is 101. The largest absolute Gasteiger partial charge is 0.472 e. The number of ether oxygens (including phenoxy) is 4. The Bertz CT molecular complexity index is 1980. The van der Waals surface area contributed by atoms with Crippen LogP contribution in [0.3, 0.4) is 0 Å². The van der Waals surface area contributed by atoms with Gasteiger partial charge in [-0.2, -0.15) is 0 Å². The van der Waals surface area contributed by atoms with Crippen LogP contribution in [0.2, 0.25) is 0 Å². The molecule has 2 unspecified atom stereocenters. The van der Waals surface area contributed by atoms with Gasteiger partial charge in [0.05, 0.1) is 26.4 Å². The van der Waals surface area contributed by atoms with Gasteiger partial charge in [0.1, 0.15) is 19.3 Å². The molecular weight excluding hydrogens is 1340 g/mol. The number of rotatable bonds is 83. The summed E-state index contributed by atoms with van der Waals surface area (Å²) in [5.41, 5.74) is 0. The van der Waals surface area contributed by atoms with Crippen LogP contribution >= 0.6 is 15.6 Å². The average molecular weight is 1510 g/mol. The molecule has 0 bridgehead atoms. The van der Waals surface area contributed by atoms with Gasteiger partial charge < -0.3 is 33.8 Å². The van der Waals surface area contributed by atoms with Crippen LogP contribution in [0.1, 0.15) is 446 Å². The zero-order valence-corrected chi connectivity index (χ0v) is 69.4. The van der Waals surface area contributed by atoms with Crippen LogP contribution in [0.4, 0.5) is 0 Å². The molecule has 0 aromatic carbocycles. The zero-order valence-electron chi connectivity index (χ0n) is 67.6. The Hall–Kier alpha value is -1.94. The van der Waals surface area contributed by atoms with E-state index >= 15 is 0 Å². The molecule has 0 amide bonds. The third kappa shape index (κ3) is 78.0. The van der Waals surface area contributed by atoms with Gasteiger partial charge in [0.2, 0.25) is 0 Å². The van der Waals surface area contributed by atoms with Crippen LogP contribution in [0.5, 0.6) is 0 Å². The zero-order chi connectivity index (χ0) is 75.6. The number of esters is 4. The van der Waals surface area contributed by atoms with Crippen molar-refractivity contribution in [3.8, 4) is 0 Å². The highest BCUT2D eigenvalue weighted by Gasteiger charge is 2.30. The quantitative estimate of drug-likeness (QED) is 0.0222. The molecule has 0 aliphatic carbocycles. The van der Waals surface area contributed by atoms with E-state index in [9.17, 15) is 43.2 Å². The SMILES string of the molecule is CCCCCCCCCCCCCCCCCCC(=O)O[C@H](COC(=O)CCCCCCCCCC)COP(=O)(O)OC[C@H](O)COP(=O)(O)OC[C@@H](COC(=O)CCCCCCCCCCCCCCCCCC(C)C)OC(=O)CCCCCCCCCCCCCCCCCCCCC(C)C. The number of carbonyl (C=O) groups excluding carboxylic acids is 4. The summed E-state index contributed by atoms with van der Waals surface area (Å²) in [7, 11) is -9.92. The summed E-state index contributed by atoms with van der Waals surface area (Å²) in [5, 5.41) is 10.6. The molecule has 19 heteroatoms. The van der Waals surface area contributed by atoms with Crippen molar-refractivity contribution in [2.75, 3.05) is 39.6 Å². The fourth-order valence-electron chi connectivity index (χ4n) is 13.1. The van der Waals surface area contributed by atoms with Crippen molar-refractivity contribution < 1.29 is 80.2 Å². The van der Waals surface area contributed by atoms with Crippen LogP contribution in [0, 0.1) is 11.8 Å². The second-order valence-electron chi connectivity index (χ2n) is 31.2. The van der Waals surface area contributed by atoms with Gasteiger partial charge in [0, 0.05) is 25.7 Å². The molecule has 0 radical (unpaired) electrons. The van der Waals surface area contributed by atoms with Gasteiger partial charge in [0.15, 0.2) is 12.2 Å². The number of phosphoric ester groups is 2. The maximum Gasteiger partial charge on any atom is 0.472 e. The average Bonchev–Trinajstić information content (AvgIpc) is 0.913. The summed E-state index contributed by atoms with van der Waals surface area (Å²) >= 11 is 0. The summed E-state index contributed by atoms with van der Waals surface area (Å²) in [6.45, 7) is 9.70. The number of hydrogen-bond acceptors (Lipinski definition) is 15. The molecule has 0 spiro atoms. The van der Waals surface area contributed by atoms with E-state index in [1.807, 2.05) is 0 Å². The maximum atomic E-state index is 13.1. The van der Waals surface area contributed by atoms with E-state index in [1.165, 1.54) is 257 Å². The molecular formula is C84H164O17P2. The first-order valence-electron chi connectivity index (χ1n) is 43.5. The number of hydrogen-bond donors (Lipinski definition) is 3. The lowest BCUT2D eigenvalue weighted by Crippen LogP contribution is -2.30. The van der Waals surface area contributed by atoms with Gasteiger partial charge in [-0.1, -0.05) is 395 Å². The van der Waals surface area contributed by atoms with Crippen LogP contribution in [-0.4, -0.2) is 96.7 Å². The van der Waals surface area contributed by atoms with E-state index < -0.39 is 97.5 Å². The van der Waals surface area contributed by atoms with Crippen molar-refractivity contribution in [1.82, 2.24) is 0 Å². The van der Waals surface area contributed by atoms with Gasteiger partial charge in [-0.15, -0.1) is 0 Å². The van der Waals surface area contributed by atoms with Gasteiger partial charge in [-0.25, -0.2) is 9.13 Å². The lowest BCUT2D eigenvalue weighted by Gasteiger charge is -2.21. The highest BCUT2D eigenvalue weighted by Crippen LogP contribution is 2.45. The van der Waals surface area contributed by atoms with Crippen molar-refractivity contribution in [2.24, 2.45) is 11.8 Å². The van der Waals surface area contributed by atoms with E-state index in [0.717, 1.165) is 108 Å². The molecule has 5 atom stereocenters. The minimum absolute atomic E-state index is 0.108. The molecule has 0 rings (SSSR count). The van der Waals surface area contributed by atoms with E-state index in [0.29, 0.717) is 25.7 Å². The van der Waals surface area contributed by atoms with Crippen LogP contribution < -0.4 is 0 Å². The Labute approximate surface area is 632 Å². The first-order valence-corrected chi connectivity index (χ1v) is 46.5. The van der Waals surface area contributed by atoms with Crippen molar-refractivity contribution in [3.05, 3.63) is 0 Å². The molecule has 0 aromatic rings. The second kappa shape index (κ2) is 75.5. The number of phosphoric acid groups is 2. The van der Waals surface area contributed by atoms with Crippen molar-refractivity contribution in [1.29, 1.82) is 0 Å². The smallest absolute Gasteiger partial charge is 0.462 e. The molecule has 0 heterocycles. The molecule has 17 nitrogen and oxygen atoms in total. The van der Waals surface area contributed by atoms with E-state index in [1.54, 1.807) is 0 Å². The summed E-state index contributed by atoms with van der Waals surface area (Å²) < 4.78 is 68.7. The van der Waals surface area contributed by atoms with Gasteiger partial charge in [-0.3, -0.25) is 37.3 Å². The standard InChI is InChI=1S/C84H164O17P2/c1-7-9-11-13-15-17-18-19-20-28-34-39-44-50-56-62-68-83(88)100-79(72-94-81(86)66-60-54-48-16-14-12-10-8-2)74-98-102(90,91)96-70-78(85)71-97-103(92,93)99-75-80(73-95-82(87)67-61-55-49-43-38-33-30-25-27-32-37-42-47-53-59-65-77(5)6)101-84(89)69-63-57-51-45-40-35-29-24-22-21-23-26-31-36-41-46-52-58-64-76(3)4/h76-80,85H,7-75H2,1-6H3,(H,90,91)(H,92,93)/t78-,79+,80+/m0/s1. The van der Waals surface area contributed by atoms with Gasteiger partial charge in [0.25, 0.3) is 0 Å². The highest BCUT2D eigenvalue weighted by molar-refractivity contribution is 7.47. The van der Waals surface area contributed by atoms with Crippen LogP contribution in [0.25, 0.3) is 0 Å². The topological polar surface area (TPSA) is 237 Å². The third-order valence-electron chi connectivity index (χ3n) is 19.7. The lowest BCUT2D eigenvalue weighted by atomic mass is 10.0. The minimum atomic E-state index is -4.96. The van der Waals surface area contributed by atoms with Crippen molar-refractivity contribution >= 4 is 39.5 Å². The predicted octanol–water partition coefficient (Wildman–Crippen LogP) is 25.5. The highest BCUT2D eigenvalue weighted by atomic mass is 31.2. The van der Waals surface area contributed by atoms with Crippen LogP contribution in [-0.2, 0) is 65.4 Å². The molecule has 0 aromatic heterocycles. The van der Waals surface area contributed by atoms with Gasteiger partial charge >= 0.3 is 39.5 Å². The number of aliphatic hydroxyl groups excluding tert-OH is 1. The lowest BCUT2D eigenvalue weighted by molar-refractivity contribution is -0.161. The summed E-state index contributed by atoms with van der Waals surface area (Å²) in [6.07, 6.45) is 66.7. The Morgan fingerprint density at radius 2 is 0.447 bits per heavy atom. The molecule has 103 heavy (non-hydrogen) atoms. The summed E-state index contributed by atoms with van der Waals surface area (Å²) in [6, 6.07) is 0. The Morgan fingerprint density at radius 3 is 0.660 bits per heavy atom. The maximum absolute atomic E-state index is 13.1. The molecule has 0 fully saturated rings. The molecule has 612 valence electrons. The van der Waals surface area contributed by atoms with Crippen LogP contribution in [0.15, 0.2) is 0 Å². The monoisotopic (exact) mass is 1510 g/mol. The number of aliphatic hydroxyl groups is 1. The van der Waals surface area contributed by atoms with E-state index in [4.69, 9.17) is 37.0 Å². The fraction of sp³-hybridized carbons (Fsp3) is 0.952. The molecule has 0 saturated heterocycles. The number of unbranched alkanes of at least 4 members (excludes halogenated alkanes) is 53. The molecule has 3 N–H and O–H groups in total. The fourth-order valence-corrected chi connectivity index (χ4v) is 14.6. The van der Waals surface area contributed by atoms with Gasteiger partial charge in [-0.05, 0) is 37.5 Å². The van der Waals surface area contributed by atoms with Crippen molar-refractivity contribution in [3.63, 3.8) is 0 Å². The predicted molar refractivity (Wildman–Crippen MR) is 423 cm³/mol. The first-order chi connectivity index (χ1) is 49.9. The summed E-state index contributed by atoms with van der Waals surface area (Å²) in [4.78, 5) is 73.0. The van der Waals surface area contributed by atoms with E-state index in [-0.39, 0.29) is 25.7 Å². The second-order valence-corrected chi connectivity index (χ2v) is 34.1. The molecule has 0 saturated carbocycles. The normalized spacial score (nSPS) is 13.9. The minimum Gasteiger partial charge on any atom is -0.462 e.